The van der Waals surface area contributed by atoms with Gasteiger partial charge in [-0.25, -0.2) is 0 Å². The molecule has 0 fully saturated rings. The fraction of sp³-hybridized carbons (Fsp3) is 0. The third kappa shape index (κ3) is 2.55. The van der Waals surface area contributed by atoms with Gasteiger partial charge in [0.15, 0.2) is 11.3 Å². The number of halogens is 1. The van der Waals surface area contributed by atoms with Crippen LogP contribution in [0.25, 0.3) is 21.5 Å². The lowest BCUT2D eigenvalue weighted by atomic mass is 10.2. The number of aliphatic hydroxyl groups excluding tert-OH is 1. The van der Waals surface area contributed by atoms with E-state index in [2.05, 4.69) is 25.9 Å². The molecule has 0 aliphatic rings. The summed E-state index contributed by atoms with van der Waals surface area (Å²) in [6, 6.07) is 11.7. The summed E-state index contributed by atoms with van der Waals surface area (Å²) in [4.78, 5) is 8.63. The van der Waals surface area contributed by atoms with Crippen LogP contribution in [0, 0.1) is 6.23 Å². The van der Waals surface area contributed by atoms with Crippen LogP contribution in [0.4, 0.5) is 0 Å². The second kappa shape index (κ2) is 5.81. The fourth-order valence-electron chi connectivity index (χ4n) is 2.44. The van der Waals surface area contributed by atoms with Crippen molar-refractivity contribution >= 4 is 38.2 Å². The predicted molar refractivity (Wildman–Crippen MR) is 92.5 cm³/mol. The number of hydrogen-bond donors (Lipinski definition) is 1. The molecule has 1 aromatic carbocycles. The zero-order chi connectivity index (χ0) is 15.8. The molecule has 0 aliphatic heterocycles. The van der Waals surface area contributed by atoms with Crippen molar-refractivity contribution in [3.8, 4) is 10.6 Å². The molecule has 1 N–H and O–H groups in total. The lowest BCUT2D eigenvalue weighted by Gasteiger charge is -2.15. The second-order valence-corrected chi connectivity index (χ2v) is 6.67. The zero-order valence-corrected chi connectivity index (χ0v) is 14.3. The molecule has 6 heteroatoms. The number of thiazole rings is 1. The Kier molecular flexibility index (Phi) is 3.65. The van der Waals surface area contributed by atoms with Crippen LogP contribution >= 0.6 is 27.3 Å². The van der Waals surface area contributed by atoms with Crippen molar-refractivity contribution in [2.24, 2.45) is 0 Å². The molecule has 3 heterocycles. The molecule has 4 nitrogen and oxygen atoms in total. The molecule has 0 spiro atoms. The van der Waals surface area contributed by atoms with Gasteiger partial charge in [0.2, 0.25) is 5.01 Å². The molecular weight excluding hydrogens is 374 g/mol. The summed E-state index contributed by atoms with van der Waals surface area (Å²) < 4.78 is 2.73. The van der Waals surface area contributed by atoms with Crippen molar-refractivity contribution in [2.75, 3.05) is 0 Å². The van der Waals surface area contributed by atoms with E-state index in [1.165, 1.54) is 11.3 Å². The Hall–Kier alpha value is -2.15. The van der Waals surface area contributed by atoms with Gasteiger partial charge < -0.3 is 14.7 Å². The maximum atomic E-state index is 10.6. The van der Waals surface area contributed by atoms with Gasteiger partial charge in [-0.05, 0) is 17.1 Å². The van der Waals surface area contributed by atoms with Crippen molar-refractivity contribution < 1.29 is 9.67 Å². The van der Waals surface area contributed by atoms with Crippen LogP contribution in [-0.2, 0) is 0 Å². The summed E-state index contributed by atoms with van der Waals surface area (Å²) in [5.74, 6) is 0. The first-order valence-electron chi connectivity index (χ1n) is 6.92. The van der Waals surface area contributed by atoms with E-state index in [4.69, 9.17) is 0 Å². The topological polar surface area (TPSA) is 49.9 Å². The van der Waals surface area contributed by atoms with E-state index in [1.54, 1.807) is 17.0 Å². The van der Waals surface area contributed by atoms with Crippen LogP contribution in [0.2, 0.25) is 0 Å². The lowest BCUT2D eigenvalue weighted by Crippen LogP contribution is -2.39. The molecule has 0 atom stereocenters. The first-order chi connectivity index (χ1) is 11.2. The predicted octanol–water partition coefficient (Wildman–Crippen LogP) is 3.89. The van der Waals surface area contributed by atoms with E-state index in [9.17, 15) is 5.11 Å². The molecule has 0 radical (unpaired) electrons. The van der Waals surface area contributed by atoms with Gasteiger partial charge in [0.05, 0.1) is 5.52 Å². The maximum absolute atomic E-state index is 10.6. The fourth-order valence-corrected chi connectivity index (χ4v) is 3.71. The summed E-state index contributed by atoms with van der Waals surface area (Å²) in [7, 11) is 0. The van der Waals surface area contributed by atoms with Gasteiger partial charge in [-0.1, -0.05) is 46.3 Å². The summed E-state index contributed by atoms with van der Waals surface area (Å²) in [5, 5.41) is 14.3. The van der Waals surface area contributed by atoms with E-state index in [-0.39, 0.29) is 6.23 Å². The lowest BCUT2D eigenvalue weighted by molar-refractivity contribution is -0.652. The normalized spacial score (nSPS) is 11.0. The van der Waals surface area contributed by atoms with Crippen molar-refractivity contribution in [1.29, 1.82) is 0 Å². The highest BCUT2D eigenvalue weighted by atomic mass is 79.9. The molecule has 0 saturated heterocycles. The molecule has 4 aromatic rings. The molecule has 3 aromatic heterocycles. The van der Waals surface area contributed by atoms with Gasteiger partial charge in [-0.3, -0.25) is 4.98 Å². The molecule has 0 aliphatic carbocycles. The monoisotopic (exact) mass is 384 g/mol. The van der Waals surface area contributed by atoms with Crippen molar-refractivity contribution in [3.05, 3.63) is 76.8 Å². The Bertz CT molecular complexity index is 964. The van der Waals surface area contributed by atoms with Crippen LogP contribution in [0.5, 0.6) is 0 Å². The minimum absolute atomic E-state index is 0.115. The standard InChI is InChI=1S/C17H11BrN3OS/c18-13-4-1-5-15-12(13)6-8-21(15)17(22)14-10-23-16(20-14)11-3-2-7-19-9-11/h1-10,22H/q-1. The molecule has 0 saturated carbocycles. The molecular formula is C17H11BrN3OS-. The third-order valence-corrected chi connectivity index (χ3v) is 5.13. The number of nitrogens with zero attached hydrogens (tertiary/aromatic N) is 3. The molecule has 0 unspecified atom stereocenters. The SMILES string of the molecule is O[C-](c1c[s+][c-](-c2cccnc2)n1)[n+]1ccc2c(Br)ccc[c-]21. The van der Waals surface area contributed by atoms with Crippen LogP contribution in [0.15, 0.2) is 64.8 Å². The van der Waals surface area contributed by atoms with Gasteiger partial charge in [0.25, 0.3) is 0 Å². The van der Waals surface area contributed by atoms with Crippen LogP contribution in [-0.4, -0.2) is 15.1 Å². The number of hydrogen-bond acceptors (Lipinski definition) is 3. The smallest absolute Gasteiger partial charge is 0.249 e. The largest absolute Gasteiger partial charge is 0.404 e. The number of rotatable bonds is 3. The number of benzene rings is 1. The quantitative estimate of drug-likeness (QED) is 0.331. The van der Waals surface area contributed by atoms with Gasteiger partial charge >= 0.3 is 0 Å². The molecule has 0 amide bonds. The Balaban J connectivity index is 1.73. The van der Waals surface area contributed by atoms with Crippen molar-refractivity contribution in [1.82, 2.24) is 9.97 Å². The number of pyridine rings is 1. The average molecular weight is 385 g/mol. The maximum Gasteiger partial charge on any atom is 0.249 e. The van der Waals surface area contributed by atoms with Gasteiger partial charge in [0.1, 0.15) is 11.6 Å². The molecule has 23 heavy (non-hydrogen) atoms. The molecule has 0 bridgehead atoms. The Morgan fingerprint density at radius 2 is 2.17 bits per heavy atom. The number of aromatic nitrogens is 3. The van der Waals surface area contributed by atoms with Crippen LogP contribution in [0.3, 0.4) is 0 Å². The highest BCUT2D eigenvalue weighted by molar-refractivity contribution is 9.10. The minimum atomic E-state index is 0.115. The summed E-state index contributed by atoms with van der Waals surface area (Å²) in [6.45, 7) is 0. The second-order valence-electron chi connectivity index (χ2n) is 4.96. The van der Waals surface area contributed by atoms with Crippen molar-refractivity contribution in [3.63, 3.8) is 0 Å². The van der Waals surface area contributed by atoms with Gasteiger partial charge in [-0.2, -0.15) is 0 Å². The van der Waals surface area contributed by atoms with Crippen LogP contribution < -0.4 is 4.57 Å². The Labute approximate surface area is 145 Å². The highest BCUT2D eigenvalue weighted by Crippen LogP contribution is 2.26. The van der Waals surface area contributed by atoms with E-state index < -0.39 is 0 Å². The average Bonchev–Trinajstić information content (AvgIpc) is 3.23. The first kappa shape index (κ1) is 14.4. The highest BCUT2D eigenvalue weighted by Gasteiger charge is 2.16. The first-order valence-corrected chi connectivity index (χ1v) is 8.59. The van der Waals surface area contributed by atoms with Gasteiger partial charge in [-0.15, -0.1) is 6.07 Å². The van der Waals surface area contributed by atoms with E-state index in [1.807, 2.05) is 48.0 Å². The Morgan fingerprint density at radius 3 is 3.00 bits per heavy atom. The zero-order valence-electron chi connectivity index (χ0n) is 11.8. The van der Waals surface area contributed by atoms with E-state index in [0.29, 0.717) is 5.69 Å². The van der Waals surface area contributed by atoms with Crippen LogP contribution in [0.1, 0.15) is 5.69 Å². The summed E-state index contributed by atoms with van der Waals surface area (Å²) >= 11 is 5.01. The minimum Gasteiger partial charge on any atom is -0.404 e. The number of aliphatic hydroxyl groups is 1. The van der Waals surface area contributed by atoms with Gasteiger partial charge in [0, 0.05) is 22.6 Å². The summed E-state index contributed by atoms with van der Waals surface area (Å²) in [5.41, 5.74) is 2.41. The summed E-state index contributed by atoms with van der Waals surface area (Å²) in [6.07, 6.45) is 5.45. The van der Waals surface area contributed by atoms with Crippen molar-refractivity contribution in [2.45, 2.75) is 0 Å². The third-order valence-electron chi connectivity index (χ3n) is 3.55. The number of fused-ring (bicyclic) bond motifs is 1. The molecule has 4 rings (SSSR count). The molecule has 114 valence electrons. The Morgan fingerprint density at radius 1 is 1.26 bits per heavy atom. The van der Waals surface area contributed by atoms with E-state index >= 15 is 0 Å². The van der Waals surface area contributed by atoms with E-state index in [0.717, 1.165) is 25.9 Å².